The minimum atomic E-state index is -1.03. The van der Waals surface area contributed by atoms with Crippen LogP contribution in [0.3, 0.4) is 0 Å². The topological polar surface area (TPSA) is 90.9 Å². The molecule has 3 aliphatic rings. The molecule has 3 aromatic carbocycles. The maximum Gasteiger partial charge on any atom is 0.322 e. The number of rotatable bonds is 11. The summed E-state index contributed by atoms with van der Waals surface area (Å²) in [4.78, 5) is 27.0. The highest BCUT2D eigenvalue weighted by atomic mass is 35.5. The number of methoxy groups -OCH3 is 1. The number of amides is 1. The molecule has 0 spiro atoms. The molecule has 6 rings (SSSR count). The first-order valence-electron chi connectivity index (χ1n) is 14.6. The Labute approximate surface area is 255 Å². The van der Waals surface area contributed by atoms with E-state index in [-0.39, 0.29) is 54.7 Å². The minimum absolute atomic E-state index is 0. The predicted octanol–water partition coefficient (Wildman–Crippen LogP) is 5.05. The first-order chi connectivity index (χ1) is 19.9. The summed E-state index contributed by atoms with van der Waals surface area (Å²) in [6.07, 6.45) is 0.874. The Hall–Kier alpha value is -3.39. The number of piperidine rings is 3. The van der Waals surface area contributed by atoms with Gasteiger partial charge >= 0.3 is 5.97 Å². The Balaban J connectivity index is 0.00000405. The van der Waals surface area contributed by atoms with Gasteiger partial charge in [0.25, 0.3) is 0 Å². The van der Waals surface area contributed by atoms with E-state index in [9.17, 15) is 14.7 Å². The quantitative estimate of drug-likeness (QED) is 0.289. The third-order valence-electron chi connectivity index (χ3n) is 8.86. The van der Waals surface area contributed by atoms with Crippen LogP contribution in [0.25, 0.3) is 0 Å². The van der Waals surface area contributed by atoms with Crippen molar-refractivity contribution in [3.05, 3.63) is 101 Å². The van der Waals surface area contributed by atoms with Crippen LogP contribution < -0.4 is 15.4 Å². The van der Waals surface area contributed by atoms with Gasteiger partial charge in [0.05, 0.1) is 13.0 Å². The standard InChI is InChI=1S/C34H41N3O4.ClH/c1-22(2)25-14-15-29(41-3)26(18-25)19-35-32-27-16-17-37(21-28(27)34(40)36-20-30(38)39)33(32)31(23-10-6-4-7-11-23)24-12-8-5-9-13-24;/h4-15,18,22,27-28,31-33,35H,16-17,19-21H2,1-3H3,(H,36,40)(H,38,39);1H/t27-,28-,32-,33-;/m0./s1. The third kappa shape index (κ3) is 6.80. The van der Waals surface area contributed by atoms with Crippen LogP contribution in [-0.2, 0) is 16.1 Å². The molecular weight excluding hydrogens is 550 g/mol. The van der Waals surface area contributed by atoms with E-state index in [1.807, 2.05) is 18.2 Å². The Bertz CT molecular complexity index is 1300. The van der Waals surface area contributed by atoms with Gasteiger partial charge in [-0.25, -0.2) is 0 Å². The Morgan fingerprint density at radius 2 is 1.62 bits per heavy atom. The van der Waals surface area contributed by atoms with Crippen LogP contribution in [0.15, 0.2) is 78.9 Å². The van der Waals surface area contributed by atoms with Gasteiger partial charge in [-0.2, -0.15) is 0 Å². The molecule has 7 nitrogen and oxygen atoms in total. The van der Waals surface area contributed by atoms with E-state index in [1.54, 1.807) is 7.11 Å². The first kappa shape index (κ1) is 31.5. The fourth-order valence-electron chi connectivity index (χ4n) is 6.87. The van der Waals surface area contributed by atoms with Crippen molar-refractivity contribution in [3.8, 4) is 5.75 Å². The van der Waals surface area contributed by atoms with Crippen LogP contribution >= 0.6 is 12.4 Å². The molecule has 3 heterocycles. The molecule has 0 aromatic heterocycles. The molecule has 0 aliphatic carbocycles. The number of carboxylic acids is 1. The number of nitrogens with zero attached hydrogens (tertiary/aromatic N) is 1. The van der Waals surface area contributed by atoms with E-state index in [0.29, 0.717) is 19.0 Å². The van der Waals surface area contributed by atoms with E-state index in [4.69, 9.17) is 4.74 Å². The number of carbonyl (C=O) groups excluding carboxylic acids is 1. The summed E-state index contributed by atoms with van der Waals surface area (Å²) in [6.45, 7) is 6.13. The molecule has 224 valence electrons. The molecule has 5 atom stereocenters. The van der Waals surface area contributed by atoms with Crippen molar-refractivity contribution in [3.63, 3.8) is 0 Å². The molecule has 0 radical (unpaired) electrons. The van der Waals surface area contributed by atoms with Crippen molar-refractivity contribution < 1.29 is 19.4 Å². The SMILES string of the molecule is COc1ccc(C(C)C)cc1CN[C@H]1[C@H]2CCN(C[C@@H]2C(=O)NCC(=O)O)[C@H]1C(c1ccccc1)c1ccccc1.Cl. The molecule has 3 N–H and O–H groups in total. The van der Waals surface area contributed by atoms with E-state index < -0.39 is 5.97 Å². The van der Waals surface area contributed by atoms with Crippen molar-refractivity contribution in [2.24, 2.45) is 11.8 Å². The highest BCUT2D eigenvalue weighted by Gasteiger charge is 2.52. The second kappa shape index (κ2) is 14.2. The molecule has 8 heteroatoms. The molecule has 1 unspecified atom stereocenters. The van der Waals surface area contributed by atoms with Crippen molar-refractivity contribution in [1.82, 2.24) is 15.5 Å². The first-order valence-corrected chi connectivity index (χ1v) is 14.6. The van der Waals surface area contributed by atoms with Gasteiger partial charge in [-0.3, -0.25) is 14.5 Å². The fourth-order valence-corrected chi connectivity index (χ4v) is 6.87. The zero-order valence-corrected chi connectivity index (χ0v) is 25.3. The minimum Gasteiger partial charge on any atom is -0.496 e. The summed E-state index contributed by atoms with van der Waals surface area (Å²) in [7, 11) is 1.70. The summed E-state index contributed by atoms with van der Waals surface area (Å²) in [5.41, 5.74) is 4.84. The lowest BCUT2D eigenvalue weighted by Gasteiger charge is -2.56. The molecule has 2 bridgehead atoms. The van der Waals surface area contributed by atoms with Gasteiger partial charge in [-0.15, -0.1) is 12.4 Å². The van der Waals surface area contributed by atoms with Gasteiger partial charge in [0.15, 0.2) is 0 Å². The monoisotopic (exact) mass is 591 g/mol. The number of aliphatic carboxylic acids is 1. The van der Waals surface area contributed by atoms with Gasteiger partial charge in [0, 0.05) is 36.7 Å². The van der Waals surface area contributed by atoms with Crippen LogP contribution in [0.5, 0.6) is 5.75 Å². The number of nitrogens with one attached hydrogen (secondary N) is 2. The Kier molecular flexibility index (Phi) is 10.7. The average Bonchev–Trinajstić information content (AvgIpc) is 3.00. The second-order valence-corrected chi connectivity index (χ2v) is 11.6. The van der Waals surface area contributed by atoms with Crippen molar-refractivity contribution >= 4 is 24.3 Å². The van der Waals surface area contributed by atoms with E-state index in [0.717, 1.165) is 24.3 Å². The van der Waals surface area contributed by atoms with Gasteiger partial charge in [0.2, 0.25) is 5.91 Å². The highest BCUT2D eigenvalue weighted by molar-refractivity contribution is 5.85. The largest absolute Gasteiger partial charge is 0.496 e. The smallest absolute Gasteiger partial charge is 0.322 e. The Morgan fingerprint density at radius 1 is 0.976 bits per heavy atom. The maximum absolute atomic E-state index is 13.3. The number of fused-ring (bicyclic) bond motifs is 3. The number of halogens is 1. The zero-order valence-electron chi connectivity index (χ0n) is 24.5. The van der Waals surface area contributed by atoms with Crippen LogP contribution in [-0.4, -0.2) is 60.7 Å². The molecule has 3 aromatic rings. The lowest BCUT2D eigenvalue weighted by Crippen LogP contribution is -2.69. The maximum atomic E-state index is 13.3. The third-order valence-corrected chi connectivity index (χ3v) is 8.86. The van der Waals surface area contributed by atoms with Crippen LogP contribution in [0.4, 0.5) is 0 Å². The van der Waals surface area contributed by atoms with Crippen molar-refractivity contribution in [2.75, 3.05) is 26.7 Å². The average molecular weight is 592 g/mol. The molecule has 3 aliphatic heterocycles. The number of ether oxygens (including phenoxy) is 1. The molecule has 42 heavy (non-hydrogen) atoms. The predicted molar refractivity (Wildman–Crippen MR) is 167 cm³/mol. The number of carboxylic acid groups (broad SMARTS) is 1. The lowest BCUT2D eigenvalue weighted by molar-refractivity contribution is -0.141. The Morgan fingerprint density at radius 3 is 2.19 bits per heavy atom. The lowest BCUT2D eigenvalue weighted by atomic mass is 9.66. The van der Waals surface area contributed by atoms with Gasteiger partial charge in [-0.05, 0) is 47.6 Å². The summed E-state index contributed by atoms with van der Waals surface area (Å²) < 4.78 is 5.74. The number of carbonyl (C=O) groups is 2. The summed E-state index contributed by atoms with van der Waals surface area (Å²) in [5.74, 6) is -0.0870. The van der Waals surface area contributed by atoms with E-state index in [1.165, 1.54) is 16.7 Å². The fraction of sp³-hybridized carbons (Fsp3) is 0.412. The van der Waals surface area contributed by atoms with E-state index >= 15 is 0 Å². The summed E-state index contributed by atoms with van der Waals surface area (Å²) in [5, 5.41) is 15.8. The molecule has 1 amide bonds. The summed E-state index contributed by atoms with van der Waals surface area (Å²) in [6, 6.07) is 27.7. The second-order valence-electron chi connectivity index (χ2n) is 11.6. The molecule has 0 saturated carbocycles. The van der Waals surface area contributed by atoms with E-state index in [2.05, 4.69) is 90.0 Å². The van der Waals surface area contributed by atoms with Crippen molar-refractivity contribution in [1.29, 1.82) is 0 Å². The van der Waals surface area contributed by atoms with Crippen LogP contribution in [0.1, 0.15) is 54.4 Å². The van der Waals surface area contributed by atoms with Crippen LogP contribution in [0, 0.1) is 11.8 Å². The normalized spacial score (nSPS) is 22.9. The van der Waals surface area contributed by atoms with Gasteiger partial charge in [0.1, 0.15) is 12.3 Å². The van der Waals surface area contributed by atoms with Crippen molar-refractivity contribution in [2.45, 2.75) is 50.7 Å². The molecular formula is C34H42ClN3O4. The zero-order chi connectivity index (χ0) is 28.9. The molecule has 3 fully saturated rings. The number of benzene rings is 3. The van der Waals surface area contributed by atoms with Gasteiger partial charge in [-0.1, -0.05) is 86.6 Å². The van der Waals surface area contributed by atoms with Gasteiger partial charge < -0.3 is 20.5 Å². The molecule has 3 saturated heterocycles. The number of hydrogen-bond donors (Lipinski definition) is 3. The summed E-state index contributed by atoms with van der Waals surface area (Å²) >= 11 is 0. The number of hydrogen-bond acceptors (Lipinski definition) is 5. The van der Waals surface area contributed by atoms with Crippen LogP contribution in [0.2, 0.25) is 0 Å². The highest BCUT2D eigenvalue weighted by Crippen LogP contribution is 2.44.